The van der Waals surface area contributed by atoms with Crippen molar-refractivity contribution in [2.24, 2.45) is 0 Å². The van der Waals surface area contributed by atoms with E-state index in [4.69, 9.17) is 36.0 Å². The molecule has 8 aromatic heterocycles. The first-order valence-electron chi connectivity index (χ1n) is 36.6. The molecule has 1 fully saturated rings. The maximum absolute atomic E-state index is 12.9. The standard InChI is InChI=1S/C24H24N2O3S.C23H18O6.C20H18N4O3.C20H18N2O3/c1-2-16-7-5-6-12-26(16)14-18-20(27)11-10-15-13-17(24(28)29-22(15)18)23-25-19-8-3-4-9-21(19)30-23;1-13-19(28-21(22(24)25)14-6-4-3-5-7-14)11-10-17-16-9-8-15(27-2)12-18(16)23(26)29-20(13)17;1-3-24(4-2)15-8-7-13-10-16(20(25)26-17(13)11-15)19-23-22-18(27-19)14-6-5-9-21-12-14;1-3-22(4-2)14-10-9-13-11-15(20(23)25-18(13)12-14)19-21-16-7-5-6-8-17(16)24-19/h3-4,8-11,13,16,27H,2,5-7,12,14H2,1H3;3-12,21H,1-2H3,(H,24,25);5-12H,3-4H2,1-2H3;5-12H,3-4H2,1-2H3. The average Bonchev–Trinajstić information content (AvgIpc) is 0.919. The molecular weight excluding hydrogens is 1430 g/mol. The number of rotatable bonds is 18. The number of likely N-dealkylation sites (tertiary alicyclic amines) is 1. The van der Waals surface area contributed by atoms with E-state index in [0.29, 0.717) is 107 Å². The summed E-state index contributed by atoms with van der Waals surface area (Å²) in [6, 6.07) is 57.3. The summed E-state index contributed by atoms with van der Waals surface area (Å²) in [6.07, 6.45) is 6.76. The number of benzene rings is 8. The van der Waals surface area contributed by atoms with Crippen LogP contribution in [0.5, 0.6) is 17.2 Å². The van der Waals surface area contributed by atoms with Gasteiger partial charge in [0, 0.05) is 113 Å². The molecule has 0 amide bonds. The third-order valence-electron chi connectivity index (χ3n) is 19.7. The number of aryl methyl sites for hydroxylation is 1. The van der Waals surface area contributed by atoms with E-state index in [0.717, 1.165) is 94.1 Å². The number of oxazole rings is 1. The van der Waals surface area contributed by atoms with E-state index in [1.54, 1.807) is 110 Å². The Morgan fingerprint density at radius 2 is 1.21 bits per heavy atom. The largest absolute Gasteiger partial charge is 0.507 e. The van der Waals surface area contributed by atoms with E-state index in [2.05, 4.69) is 74.5 Å². The number of pyridine rings is 1. The minimum absolute atomic E-state index is 0.123. The number of thiazole rings is 1. The Bertz CT molecular complexity index is 6260. The van der Waals surface area contributed by atoms with Crippen molar-refractivity contribution in [3.63, 3.8) is 0 Å². The number of carbonyl (C=O) groups is 1. The second-order valence-electron chi connectivity index (χ2n) is 26.4. The van der Waals surface area contributed by atoms with Gasteiger partial charge in [0.05, 0.1) is 39.4 Å². The van der Waals surface area contributed by atoms with Crippen molar-refractivity contribution in [1.29, 1.82) is 0 Å². The van der Waals surface area contributed by atoms with Gasteiger partial charge in [-0.05, 0) is 182 Å². The first-order valence-corrected chi connectivity index (χ1v) is 37.5. The first kappa shape index (κ1) is 74.8. The molecule has 17 rings (SSSR count). The minimum atomic E-state index is -1.18. The number of hydrogen-bond donors (Lipinski definition) is 2. The molecule has 2 atom stereocenters. The molecule has 16 aromatic rings. The second kappa shape index (κ2) is 33.2. The lowest BCUT2D eigenvalue weighted by atomic mass is 9.98. The molecule has 2 N–H and O–H groups in total. The number of hydrogen-bond acceptors (Lipinski definition) is 23. The Balaban J connectivity index is 0.000000123. The average molecular weight is 1510 g/mol. The number of phenolic OH excluding ortho intramolecular Hbond substituents is 1. The van der Waals surface area contributed by atoms with Crippen LogP contribution in [0.25, 0.3) is 121 Å². The van der Waals surface area contributed by atoms with Crippen LogP contribution in [0.2, 0.25) is 0 Å². The highest BCUT2D eigenvalue weighted by Crippen LogP contribution is 2.38. The van der Waals surface area contributed by atoms with Crippen LogP contribution in [-0.2, 0) is 11.3 Å². The highest BCUT2D eigenvalue weighted by atomic mass is 32.1. The van der Waals surface area contributed by atoms with Crippen molar-refractivity contribution in [2.75, 3.05) is 49.6 Å². The fourth-order valence-electron chi connectivity index (χ4n) is 13.8. The molecule has 0 bridgehead atoms. The molecule has 111 heavy (non-hydrogen) atoms. The molecule has 1 aliphatic rings. The maximum atomic E-state index is 12.9. The Kier molecular flexibility index (Phi) is 22.4. The van der Waals surface area contributed by atoms with Gasteiger partial charge in [0.2, 0.25) is 17.9 Å². The number of nitrogens with zero attached hydrogens (tertiary/aromatic N) is 8. The van der Waals surface area contributed by atoms with Gasteiger partial charge in [-0.2, -0.15) is 0 Å². The summed E-state index contributed by atoms with van der Waals surface area (Å²) in [5.74, 6) is 0.677. The Morgan fingerprint density at radius 3 is 1.86 bits per heavy atom. The molecule has 1 aliphatic heterocycles. The van der Waals surface area contributed by atoms with Crippen LogP contribution < -0.4 is 41.8 Å². The Morgan fingerprint density at radius 1 is 0.577 bits per heavy atom. The predicted molar refractivity (Wildman–Crippen MR) is 431 cm³/mol. The van der Waals surface area contributed by atoms with Gasteiger partial charge in [-0.1, -0.05) is 67.9 Å². The van der Waals surface area contributed by atoms with E-state index in [9.17, 15) is 34.2 Å². The normalized spacial score (nSPS) is 13.2. The van der Waals surface area contributed by atoms with Crippen molar-refractivity contribution in [1.82, 2.24) is 30.0 Å². The summed E-state index contributed by atoms with van der Waals surface area (Å²) in [5, 5.41) is 33.2. The maximum Gasteiger partial charge on any atom is 0.349 e. The number of carboxylic acid groups (broad SMARTS) is 1. The number of aromatic nitrogens is 5. The van der Waals surface area contributed by atoms with Crippen LogP contribution in [0.15, 0.2) is 246 Å². The van der Waals surface area contributed by atoms with E-state index < -0.39 is 34.6 Å². The van der Waals surface area contributed by atoms with Gasteiger partial charge in [0.15, 0.2) is 5.58 Å². The number of para-hydroxylation sites is 3. The summed E-state index contributed by atoms with van der Waals surface area (Å²) < 4.78 is 45.8. The highest BCUT2D eigenvalue weighted by Gasteiger charge is 2.27. The lowest BCUT2D eigenvalue weighted by Gasteiger charge is -2.35. The zero-order valence-corrected chi connectivity index (χ0v) is 62.8. The SMILES string of the molecule is CCC1CCCCN1Cc1c(O)ccc2cc(-c3nc4ccccc4s3)c(=O)oc12.CCN(CC)c1ccc2cc(-c3nc4ccccc4o3)c(=O)oc2c1.CCN(CC)c1ccc2cc(-c3nnc(-c4cccnc4)o3)c(=O)oc2c1.COc1ccc2c(c1)c(=O)oc1c(C)c(OC(C(=O)O)c3ccccc3)ccc12. The molecular formula is C87H78N8O15S. The lowest BCUT2D eigenvalue weighted by molar-refractivity contribution is -0.145. The van der Waals surface area contributed by atoms with Crippen molar-refractivity contribution < 1.29 is 51.0 Å². The summed E-state index contributed by atoms with van der Waals surface area (Å²) in [5.41, 5.74) is 7.83. The predicted octanol–water partition coefficient (Wildman–Crippen LogP) is 18.2. The van der Waals surface area contributed by atoms with E-state index in [-0.39, 0.29) is 23.1 Å². The zero-order valence-electron chi connectivity index (χ0n) is 62.0. The van der Waals surface area contributed by atoms with Crippen LogP contribution in [-0.4, -0.2) is 92.1 Å². The lowest BCUT2D eigenvalue weighted by Crippen LogP contribution is -2.38. The molecule has 0 spiro atoms. The molecule has 1 saturated heterocycles. The number of phenols is 1. The molecule has 24 heteroatoms. The van der Waals surface area contributed by atoms with E-state index in [1.807, 2.05) is 97.1 Å². The molecule has 0 aliphatic carbocycles. The number of piperidine rings is 1. The monoisotopic (exact) mass is 1510 g/mol. The second-order valence-corrected chi connectivity index (χ2v) is 27.4. The fraction of sp³-hybridized carbons (Fsp3) is 0.218. The molecule has 0 saturated carbocycles. The van der Waals surface area contributed by atoms with Crippen molar-refractivity contribution in [2.45, 2.75) is 85.9 Å². The number of carboxylic acids is 1. The molecule has 2 unspecified atom stereocenters. The quantitative estimate of drug-likeness (QED) is 0.0596. The number of ether oxygens (including phenoxy) is 2. The van der Waals surface area contributed by atoms with Gasteiger partial charge in [0.1, 0.15) is 61.2 Å². The van der Waals surface area contributed by atoms with Gasteiger partial charge >= 0.3 is 28.5 Å². The van der Waals surface area contributed by atoms with Gasteiger partial charge in [-0.25, -0.2) is 33.9 Å². The number of anilines is 2. The molecule has 0 radical (unpaired) electrons. The Labute approximate surface area is 638 Å². The van der Waals surface area contributed by atoms with Gasteiger partial charge < -0.3 is 56.0 Å². The number of methoxy groups -OCH3 is 1. The summed E-state index contributed by atoms with van der Waals surface area (Å²) in [7, 11) is 1.53. The summed E-state index contributed by atoms with van der Waals surface area (Å²) >= 11 is 1.48. The van der Waals surface area contributed by atoms with Crippen molar-refractivity contribution >= 4 is 105 Å². The summed E-state index contributed by atoms with van der Waals surface area (Å²) in [4.78, 5) is 81.9. The molecule has 9 heterocycles. The topological polar surface area (TPSA) is 297 Å². The van der Waals surface area contributed by atoms with Crippen LogP contribution in [0, 0.1) is 6.92 Å². The van der Waals surface area contributed by atoms with Crippen molar-refractivity contribution in [3.8, 4) is 62.2 Å². The minimum Gasteiger partial charge on any atom is -0.507 e. The number of fused-ring (bicyclic) bond motifs is 8. The zero-order chi connectivity index (χ0) is 77.4. The first-order chi connectivity index (χ1) is 54.0. The van der Waals surface area contributed by atoms with Crippen LogP contribution in [0.3, 0.4) is 0 Å². The van der Waals surface area contributed by atoms with Crippen LogP contribution >= 0.6 is 11.3 Å². The molecule has 8 aromatic carbocycles. The van der Waals surface area contributed by atoms with Crippen molar-refractivity contribution in [3.05, 3.63) is 259 Å². The third-order valence-corrected chi connectivity index (χ3v) is 20.8. The smallest absolute Gasteiger partial charge is 0.349 e. The summed E-state index contributed by atoms with van der Waals surface area (Å²) in [6.45, 7) is 17.4. The van der Waals surface area contributed by atoms with E-state index >= 15 is 0 Å². The van der Waals surface area contributed by atoms with E-state index in [1.165, 1.54) is 31.3 Å². The van der Waals surface area contributed by atoms with Crippen LogP contribution in [0.1, 0.15) is 83.1 Å². The number of aromatic hydroxyl groups is 1. The Hall–Kier alpha value is -13.1. The molecule has 562 valence electrons. The highest BCUT2D eigenvalue weighted by molar-refractivity contribution is 7.21. The number of aliphatic carboxylic acids is 1. The van der Waals surface area contributed by atoms with Gasteiger partial charge in [-0.15, -0.1) is 21.5 Å². The van der Waals surface area contributed by atoms with Gasteiger partial charge in [-0.3, -0.25) is 9.88 Å². The van der Waals surface area contributed by atoms with Crippen LogP contribution in [0.4, 0.5) is 11.4 Å². The third kappa shape index (κ3) is 16.0. The molecule has 23 nitrogen and oxygen atoms in total. The fourth-order valence-corrected chi connectivity index (χ4v) is 14.8. The van der Waals surface area contributed by atoms with Gasteiger partial charge in [0.25, 0.3) is 5.89 Å².